The maximum atomic E-state index is 13.0. The highest BCUT2D eigenvalue weighted by Gasteiger charge is 2.35. The maximum absolute atomic E-state index is 13.0. The van der Waals surface area contributed by atoms with E-state index in [2.05, 4.69) is 10.6 Å². The van der Waals surface area contributed by atoms with Gasteiger partial charge in [-0.3, -0.25) is 4.79 Å². The number of rotatable bonds is 4. The molecule has 1 aliphatic heterocycles. The van der Waals surface area contributed by atoms with Crippen LogP contribution in [0.5, 0.6) is 0 Å². The zero-order chi connectivity index (χ0) is 13.0. The minimum Gasteiger partial charge on any atom is -0.355 e. The Kier molecular flexibility index (Phi) is 5.76. The van der Waals surface area contributed by atoms with Crippen LogP contribution in [-0.2, 0) is 11.2 Å². The molecule has 5 heteroatoms. The van der Waals surface area contributed by atoms with Gasteiger partial charge in [0.15, 0.2) is 0 Å². The van der Waals surface area contributed by atoms with Crippen LogP contribution in [0.4, 0.5) is 4.39 Å². The number of carbonyl (C=O) groups is 1. The molecule has 1 aliphatic rings. The monoisotopic (exact) mass is 286 g/mol. The number of halogens is 2. The van der Waals surface area contributed by atoms with E-state index in [0.717, 1.165) is 25.1 Å². The molecule has 1 amide bonds. The highest BCUT2D eigenvalue weighted by molar-refractivity contribution is 5.85. The lowest BCUT2D eigenvalue weighted by Crippen LogP contribution is -2.41. The van der Waals surface area contributed by atoms with Crippen LogP contribution in [0.1, 0.15) is 18.9 Å². The van der Waals surface area contributed by atoms with Crippen LogP contribution < -0.4 is 10.6 Å². The molecule has 2 rings (SSSR count). The molecule has 1 saturated heterocycles. The van der Waals surface area contributed by atoms with Crippen LogP contribution in [0.3, 0.4) is 0 Å². The van der Waals surface area contributed by atoms with Gasteiger partial charge >= 0.3 is 0 Å². The molecule has 3 nitrogen and oxygen atoms in total. The fraction of sp³-hybridized carbons (Fsp3) is 0.500. The Morgan fingerprint density at radius 1 is 1.53 bits per heavy atom. The first-order valence-electron chi connectivity index (χ1n) is 6.34. The second kappa shape index (κ2) is 6.87. The van der Waals surface area contributed by atoms with Crippen LogP contribution in [0.15, 0.2) is 24.3 Å². The van der Waals surface area contributed by atoms with E-state index in [1.165, 1.54) is 12.1 Å². The van der Waals surface area contributed by atoms with E-state index in [4.69, 9.17) is 0 Å². The van der Waals surface area contributed by atoms with Crippen LogP contribution in [-0.4, -0.2) is 25.5 Å². The molecule has 1 unspecified atom stereocenters. The third-order valence-corrected chi connectivity index (χ3v) is 3.51. The Balaban J connectivity index is 0.00000180. The van der Waals surface area contributed by atoms with Crippen LogP contribution in [0.2, 0.25) is 0 Å². The van der Waals surface area contributed by atoms with Crippen LogP contribution >= 0.6 is 12.4 Å². The summed E-state index contributed by atoms with van der Waals surface area (Å²) >= 11 is 0. The summed E-state index contributed by atoms with van der Waals surface area (Å²) in [6.45, 7) is 4.16. The van der Waals surface area contributed by atoms with Gasteiger partial charge in [-0.05, 0) is 44.0 Å². The third-order valence-electron chi connectivity index (χ3n) is 3.51. The van der Waals surface area contributed by atoms with E-state index >= 15 is 0 Å². The molecule has 106 valence electrons. The first-order chi connectivity index (χ1) is 8.60. The molecule has 2 N–H and O–H groups in total. The van der Waals surface area contributed by atoms with Gasteiger partial charge in [-0.1, -0.05) is 12.1 Å². The van der Waals surface area contributed by atoms with Crippen LogP contribution in [0, 0.1) is 11.2 Å². The Hall–Kier alpha value is -1.13. The van der Waals surface area contributed by atoms with E-state index in [9.17, 15) is 9.18 Å². The minimum atomic E-state index is -0.290. The highest BCUT2D eigenvalue weighted by Crippen LogP contribution is 2.24. The van der Waals surface area contributed by atoms with Crippen LogP contribution in [0.25, 0.3) is 0 Å². The number of benzene rings is 1. The molecule has 19 heavy (non-hydrogen) atoms. The average molecular weight is 287 g/mol. The summed E-state index contributed by atoms with van der Waals surface area (Å²) in [4.78, 5) is 12.0. The molecule has 0 spiro atoms. The molecule has 0 radical (unpaired) electrons. The lowest BCUT2D eigenvalue weighted by molar-refractivity contribution is -0.129. The summed E-state index contributed by atoms with van der Waals surface area (Å²) in [5.74, 6) is -0.144. The topological polar surface area (TPSA) is 41.1 Å². The molecule has 1 aromatic rings. The molecular weight excluding hydrogens is 267 g/mol. The first-order valence-corrected chi connectivity index (χ1v) is 6.34. The molecule has 1 fully saturated rings. The van der Waals surface area contributed by atoms with E-state index in [0.29, 0.717) is 13.0 Å². The van der Waals surface area contributed by atoms with Crippen molar-refractivity contribution in [3.05, 3.63) is 35.6 Å². The van der Waals surface area contributed by atoms with E-state index in [1.54, 1.807) is 6.07 Å². The van der Waals surface area contributed by atoms with Gasteiger partial charge in [0.1, 0.15) is 5.82 Å². The maximum Gasteiger partial charge on any atom is 0.227 e. The quantitative estimate of drug-likeness (QED) is 0.888. The normalized spacial score (nSPS) is 21.8. The van der Waals surface area contributed by atoms with Crippen molar-refractivity contribution >= 4 is 18.3 Å². The van der Waals surface area contributed by atoms with Gasteiger partial charge in [0.25, 0.3) is 0 Å². The Labute approximate surface area is 119 Å². The number of carbonyl (C=O) groups excluding carboxylic acids is 1. The van der Waals surface area contributed by atoms with Gasteiger partial charge in [-0.25, -0.2) is 4.39 Å². The Morgan fingerprint density at radius 2 is 2.32 bits per heavy atom. The minimum absolute atomic E-state index is 0. The van der Waals surface area contributed by atoms with E-state index in [-0.39, 0.29) is 29.5 Å². The lowest BCUT2D eigenvalue weighted by Gasteiger charge is -2.21. The summed E-state index contributed by atoms with van der Waals surface area (Å²) in [6, 6.07) is 6.49. The van der Waals surface area contributed by atoms with Crippen molar-refractivity contribution in [2.45, 2.75) is 19.8 Å². The zero-order valence-corrected chi connectivity index (χ0v) is 11.9. The molecule has 0 aliphatic carbocycles. The average Bonchev–Trinajstić information content (AvgIpc) is 2.77. The summed E-state index contributed by atoms with van der Waals surface area (Å²) in [6.07, 6.45) is 1.53. The first kappa shape index (κ1) is 15.9. The summed E-state index contributed by atoms with van der Waals surface area (Å²) in [5.41, 5.74) is 0.618. The fourth-order valence-electron chi connectivity index (χ4n) is 2.24. The van der Waals surface area contributed by atoms with Crippen molar-refractivity contribution in [1.82, 2.24) is 10.6 Å². The van der Waals surface area contributed by atoms with Gasteiger partial charge in [-0.15, -0.1) is 12.4 Å². The molecule has 0 saturated carbocycles. The van der Waals surface area contributed by atoms with Gasteiger partial charge in [-0.2, -0.15) is 0 Å². The van der Waals surface area contributed by atoms with Crippen molar-refractivity contribution < 1.29 is 9.18 Å². The number of hydrogen-bond donors (Lipinski definition) is 2. The largest absolute Gasteiger partial charge is 0.355 e. The van der Waals surface area contributed by atoms with Gasteiger partial charge in [0.2, 0.25) is 5.91 Å². The smallest absolute Gasteiger partial charge is 0.227 e. The van der Waals surface area contributed by atoms with Gasteiger partial charge in [0.05, 0.1) is 5.41 Å². The molecule has 1 aromatic carbocycles. The highest BCUT2D eigenvalue weighted by atomic mass is 35.5. The predicted octanol–water partition coefficient (Wildman–Crippen LogP) is 1.91. The summed E-state index contributed by atoms with van der Waals surface area (Å²) < 4.78 is 13.0. The molecule has 0 aromatic heterocycles. The van der Waals surface area contributed by atoms with E-state index < -0.39 is 0 Å². The van der Waals surface area contributed by atoms with Gasteiger partial charge < -0.3 is 10.6 Å². The predicted molar refractivity (Wildman–Crippen MR) is 76.0 cm³/mol. The second-order valence-corrected chi connectivity index (χ2v) is 5.12. The number of amides is 1. The standard InChI is InChI=1S/C14H19FN2O.ClH/c1-14(6-8-16-10-14)13(18)17-7-5-11-3-2-4-12(15)9-11;/h2-4,9,16H,5-8,10H2,1H3,(H,17,18);1H. The van der Waals surface area contributed by atoms with Crippen molar-refractivity contribution in [3.8, 4) is 0 Å². The molecule has 1 atom stereocenters. The second-order valence-electron chi connectivity index (χ2n) is 5.12. The lowest BCUT2D eigenvalue weighted by atomic mass is 9.89. The molecule has 0 bridgehead atoms. The SMILES string of the molecule is CC1(C(=O)NCCc2cccc(F)c2)CCNC1.Cl. The number of nitrogens with one attached hydrogen (secondary N) is 2. The third kappa shape index (κ3) is 4.18. The fourth-order valence-corrected chi connectivity index (χ4v) is 2.24. The van der Waals surface area contributed by atoms with Crippen molar-refractivity contribution in [1.29, 1.82) is 0 Å². The Morgan fingerprint density at radius 3 is 2.95 bits per heavy atom. The summed E-state index contributed by atoms with van der Waals surface area (Å²) in [5, 5.41) is 6.13. The van der Waals surface area contributed by atoms with Crippen molar-refractivity contribution in [3.63, 3.8) is 0 Å². The summed E-state index contributed by atoms with van der Waals surface area (Å²) in [7, 11) is 0. The molecular formula is C14H20ClFN2O. The number of hydrogen-bond acceptors (Lipinski definition) is 2. The van der Waals surface area contributed by atoms with Crippen molar-refractivity contribution in [2.75, 3.05) is 19.6 Å². The Bertz CT molecular complexity index is 433. The zero-order valence-electron chi connectivity index (χ0n) is 11.0. The van der Waals surface area contributed by atoms with Crippen molar-refractivity contribution in [2.24, 2.45) is 5.41 Å². The van der Waals surface area contributed by atoms with E-state index in [1.807, 2.05) is 13.0 Å². The molecule has 1 heterocycles. The van der Waals surface area contributed by atoms with Gasteiger partial charge in [0, 0.05) is 13.1 Å².